The maximum Gasteiger partial charge on any atom is 0.163 e. The van der Waals surface area contributed by atoms with Gasteiger partial charge in [-0.25, -0.2) is 4.39 Å². The molecule has 164 valence electrons. The first kappa shape index (κ1) is 22.3. The molecule has 0 aliphatic rings. The molecular weight excluding hydrogens is 448 g/mol. The van der Waals surface area contributed by atoms with E-state index in [-0.39, 0.29) is 12.4 Å². The third kappa shape index (κ3) is 5.09. The van der Waals surface area contributed by atoms with Crippen molar-refractivity contribution in [1.29, 1.82) is 0 Å². The second-order valence-electron chi connectivity index (χ2n) is 7.23. The monoisotopic (exact) mass is 469 g/mol. The van der Waals surface area contributed by atoms with Crippen LogP contribution in [0.25, 0.3) is 10.8 Å². The molecule has 0 unspecified atom stereocenters. The number of rotatable bonds is 8. The molecule has 0 aliphatic carbocycles. The van der Waals surface area contributed by atoms with Crippen LogP contribution in [0, 0.1) is 5.82 Å². The molecule has 0 fully saturated rings. The normalized spacial score (nSPS) is 10.9. The highest BCUT2D eigenvalue weighted by atomic mass is 35.5. The lowest BCUT2D eigenvalue weighted by molar-refractivity contribution is 0.269. The van der Waals surface area contributed by atoms with Gasteiger partial charge in [0, 0.05) is 34.3 Å². The Balaban J connectivity index is 1.54. The SMILES string of the molecule is CCOc1cc(CNc2cccc3ccccc23)c(Cl)cc1OCc1ccc(F)cc1Cl. The maximum atomic E-state index is 13.3. The van der Waals surface area contributed by atoms with E-state index in [1.807, 2.05) is 37.3 Å². The van der Waals surface area contributed by atoms with E-state index in [4.69, 9.17) is 32.7 Å². The number of benzene rings is 4. The van der Waals surface area contributed by atoms with Gasteiger partial charge in [-0.3, -0.25) is 0 Å². The molecule has 0 atom stereocenters. The fourth-order valence-corrected chi connectivity index (χ4v) is 3.90. The van der Waals surface area contributed by atoms with Gasteiger partial charge in [-0.1, -0.05) is 65.7 Å². The first-order valence-corrected chi connectivity index (χ1v) is 11.0. The second-order valence-corrected chi connectivity index (χ2v) is 8.04. The van der Waals surface area contributed by atoms with Gasteiger partial charge in [0.1, 0.15) is 12.4 Å². The largest absolute Gasteiger partial charge is 0.490 e. The summed E-state index contributed by atoms with van der Waals surface area (Å²) >= 11 is 12.7. The third-order valence-corrected chi connectivity index (χ3v) is 5.77. The fraction of sp³-hybridized carbons (Fsp3) is 0.154. The summed E-state index contributed by atoms with van der Waals surface area (Å²) in [6.45, 7) is 3.08. The maximum absolute atomic E-state index is 13.3. The Labute approximate surface area is 196 Å². The number of fused-ring (bicyclic) bond motifs is 1. The summed E-state index contributed by atoms with van der Waals surface area (Å²) in [6, 6.07) is 22.2. The molecule has 1 N–H and O–H groups in total. The smallest absolute Gasteiger partial charge is 0.163 e. The highest BCUT2D eigenvalue weighted by Crippen LogP contribution is 2.35. The average Bonchev–Trinajstić information content (AvgIpc) is 2.79. The van der Waals surface area contributed by atoms with Gasteiger partial charge in [-0.05, 0) is 42.1 Å². The van der Waals surface area contributed by atoms with E-state index in [0.717, 1.165) is 16.6 Å². The Morgan fingerprint density at radius 2 is 1.56 bits per heavy atom. The van der Waals surface area contributed by atoms with Gasteiger partial charge in [-0.15, -0.1) is 0 Å². The van der Waals surface area contributed by atoms with Crippen LogP contribution in [0.4, 0.5) is 10.1 Å². The number of halogens is 3. The predicted molar refractivity (Wildman–Crippen MR) is 130 cm³/mol. The summed E-state index contributed by atoms with van der Waals surface area (Å²) in [7, 11) is 0. The quantitative estimate of drug-likeness (QED) is 0.284. The Morgan fingerprint density at radius 1 is 0.812 bits per heavy atom. The Kier molecular flexibility index (Phi) is 7.03. The minimum atomic E-state index is -0.389. The number of hydrogen-bond acceptors (Lipinski definition) is 3. The van der Waals surface area contributed by atoms with Gasteiger partial charge in [0.2, 0.25) is 0 Å². The summed E-state index contributed by atoms with van der Waals surface area (Å²) in [5, 5.41) is 6.65. The molecule has 0 heterocycles. The predicted octanol–water partition coefficient (Wildman–Crippen LogP) is 7.88. The molecule has 3 nitrogen and oxygen atoms in total. The topological polar surface area (TPSA) is 30.5 Å². The average molecular weight is 470 g/mol. The Hall–Kier alpha value is -2.95. The number of nitrogens with one attached hydrogen (secondary N) is 1. The third-order valence-electron chi connectivity index (χ3n) is 5.07. The van der Waals surface area contributed by atoms with E-state index in [0.29, 0.717) is 40.3 Å². The van der Waals surface area contributed by atoms with Crippen molar-refractivity contribution in [3.05, 3.63) is 99.8 Å². The Bertz CT molecular complexity index is 1240. The summed E-state index contributed by atoms with van der Waals surface area (Å²) in [5.41, 5.74) is 2.59. The van der Waals surface area contributed by atoms with Crippen LogP contribution in [0.5, 0.6) is 11.5 Å². The van der Waals surface area contributed by atoms with Crippen molar-refractivity contribution in [2.24, 2.45) is 0 Å². The van der Waals surface area contributed by atoms with Crippen molar-refractivity contribution in [3.8, 4) is 11.5 Å². The van der Waals surface area contributed by atoms with E-state index >= 15 is 0 Å². The molecule has 0 spiro atoms. The van der Waals surface area contributed by atoms with E-state index in [9.17, 15) is 4.39 Å². The molecule has 0 radical (unpaired) electrons. The molecule has 0 aliphatic heterocycles. The molecule has 32 heavy (non-hydrogen) atoms. The molecule has 4 rings (SSSR count). The van der Waals surface area contributed by atoms with Crippen molar-refractivity contribution in [2.45, 2.75) is 20.1 Å². The highest BCUT2D eigenvalue weighted by molar-refractivity contribution is 6.31. The van der Waals surface area contributed by atoms with Crippen LogP contribution in [0.1, 0.15) is 18.1 Å². The van der Waals surface area contributed by atoms with Crippen LogP contribution in [0.3, 0.4) is 0 Å². The summed E-state index contributed by atoms with van der Waals surface area (Å²) < 4.78 is 25.0. The number of hydrogen-bond donors (Lipinski definition) is 1. The fourth-order valence-electron chi connectivity index (χ4n) is 3.46. The summed E-state index contributed by atoms with van der Waals surface area (Å²) in [4.78, 5) is 0. The molecule has 4 aromatic rings. The van der Waals surface area contributed by atoms with Gasteiger partial charge in [0.25, 0.3) is 0 Å². The van der Waals surface area contributed by atoms with Crippen molar-refractivity contribution in [2.75, 3.05) is 11.9 Å². The molecule has 0 saturated heterocycles. The lowest BCUT2D eigenvalue weighted by Gasteiger charge is -2.16. The van der Waals surface area contributed by atoms with Crippen molar-refractivity contribution >= 4 is 39.7 Å². The molecule has 0 saturated carbocycles. The van der Waals surface area contributed by atoms with Crippen LogP contribution in [0.2, 0.25) is 10.0 Å². The van der Waals surface area contributed by atoms with Gasteiger partial charge >= 0.3 is 0 Å². The minimum Gasteiger partial charge on any atom is -0.490 e. The molecule has 4 aromatic carbocycles. The van der Waals surface area contributed by atoms with Crippen molar-refractivity contribution in [3.63, 3.8) is 0 Å². The standard InChI is InChI=1S/C26H22Cl2FNO2/c1-2-31-25-12-19(15-30-24-9-5-7-17-6-3-4-8-21(17)24)23(28)14-26(25)32-16-18-10-11-20(29)13-22(18)27/h3-14,30H,2,15-16H2,1H3. The first-order chi connectivity index (χ1) is 15.5. The summed E-state index contributed by atoms with van der Waals surface area (Å²) in [5.74, 6) is 0.704. The van der Waals surface area contributed by atoms with Crippen LogP contribution in [0.15, 0.2) is 72.8 Å². The van der Waals surface area contributed by atoms with Crippen LogP contribution < -0.4 is 14.8 Å². The minimum absolute atomic E-state index is 0.170. The van der Waals surface area contributed by atoms with E-state index in [2.05, 4.69) is 23.5 Å². The Morgan fingerprint density at radius 3 is 2.38 bits per heavy atom. The van der Waals surface area contributed by atoms with Crippen LogP contribution >= 0.6 is 23.2 Å². The van der Waals surface area contributed by atoms with Gasteiger partial charge in [0.15, 0.2) is 11.5 Å². The molecule has 0 aromatic heterocycles. The lowest BCUT2D eigenvalue weighted by Crippen LogP contribution is -2.04. The van der Waals surface area contributed by atoms with Crippen LogP contribution in [-0.4, -0.2) is 6.61 Å². The number of anilines is 1. The second kappa shape index (κ2) is 10.1. The summed E-state index contributed by atoms with van der Waals surface area (Å²) in [6.07, 6.45) is 0. The zero-order chi connectivity index (χ0) is 22.5. The van der Waals surface area contributed by atoms with E-state index < -0.39 is 0 Å². The van der Waals surface area contributed by atoms with E-state index in [1.54, 1.807) is 12.1 Å². The van der Waals surface area contributed by atoms with Gasteiger partial charge < -0.3 is 14.8 Å². The lowest BCUT2D eigenvalue weighted by atomic mass is 10.1. The molecule has 0 bridgehead atoms. The molecule has 6 heteroatoms. The zero-order valence-electron chi connectivity index (χ0n) is 17.5. The highest BCUT2D eigenvalue weighted by Gasteiger charge is 2.13. The van der Waals surface area contributed by atoms with Crippen molar-refractivity contribution < 1.29 is 13.9 Å². The van der Waals surface area contributed by atoms with Gasteiger partial charge in [0.05, 0.1) is 11.6 Å². The number of ether oxygens (including phenoxy) is 2. The van der Waals surface area contributed by atoms with E-state index in [1.165, 1.54) is 17.5 Å². The molecular formula is C26H22Cl2FNO2. The molecule has 0 amide bonds. The van der Waals surface area contributed by atoms with Crippen molar-refractivity contribution in [1.82, 2.24) is 0 Å². The zero-order valence-corrected chi connectivity index (χ0v) is 19.0. The van der Waals surface area contributed by atoms with Crippen LogP contribution in [-0.2, 0) is 13.2 Å². The first-order valence-electron chi connectivity index (χ1n) is 10.3. The van der Waals surface area contributed by atoms with Gasteiger partial charge in [-0.2, -0.15) is 0 Å².